The van der Waals surface area contributed by atoms with E-state index in [1.807, 2.05) is 13.8 Å². The van der Waals surface area contributed by atoms with Gasteiger partial charge in [0.05, 0.1) is 12.5 Å². The molecular weight excluding hydrogens is 323 g/mol. The summed E-state index contributed by atoms with van der Waals surface area (Å²) in [5.74, 6) is 0.325. The lowest BCUT2D eigenvalue weighted by Crippen LogP contribution is -2.46. The van der Waals surface area contributed by atoms with Crippen LogP contribution in [0.15, 0.2) is 40.8 Å². The summed E-state index contributed by atoms with van der Waals surface area (Å²) in [5.41, 5.74) is 0.256. The highest BCUT2D eigenvalue weighted by Gasteiger charge is 2.47. The molecule has 1 aliphatic heterocycles. The Hall–Kier alpha value is -2.63. The minimum Gasteiger partial charge on any atom is -0.459 e. The van der Waals surface area contributed by atoms with Gasteiger partial charge in [0.15, 0.2) is 0 Å². The summed E-state index contributed by atoms with van der Waals surface area (Å²) in [5, 5.41) is 2.84. The fraction of sp³-hybridized carbons (Fsp3) is 0.368. The van der Waals surface area contributed by atoms with Gasteiger partial charge in [-0.2, -0.15) is 0 Å². The van der Waals surface area contributed by atoms with Crippen molar-refractivity contribution in [3.05, 3.63) is 48.0 Å². The maximum absolute atomic E-state index is 13.0. The largest absolute Gasteiger partial charge is 0.459 e. The van der Waals surface area contributed by atoms with Gasteiger partial charge in [-0.1, -0.05) is 0 Å². The van der Waals surface area contributed by atoms with Gasteiger partial charge in [0, 0.05) is 24.6 Å². The zero-order valence-electron chi connectivity index (χ0n) is 14.5. The number of benzene rings is 1. The number of amides is 2. The van der Waals surface area contributed by atoms with E-state index in [4.69, 9.17) is 4.42 Å². The molecule has 0 spiro atoms. The number of likely N-dealkylation sites (tertiary alicyclic amines) is 1. The summed E-state index contributed by atoms with van der Waals surface area (Å²) in [6.07, 6.45) is 0.217. The van der Waals surface area contributed by atoms with E-state index in [0.29, 0.717) is 11.5 Å². The fourth-order valence-electron chi connectivity index (χ4n) is 3.07. The Labute approximate surface area is 145 Å². The number of nitrogens with zero attached hydrogens (tertiary/aromatic N) is 1. The van der Waals surface area contributed by atoms with Gasteiger partial charge in [0.1, 0.15) is 17.3 Å². The molecule has 0 bridgehead atoms. The van der Waals surface area contributed by atoms with Crippen LogP contribution >= 0.6 is 0 Å². The van der Waals surface area contributed by atoms with Gasteiger partial charge in [-0.05, 0) is 50.2 Å². The third-order valence-corrected chi connectivity index (χ3v) is 5.01. The van der Waals surface area contributed by atoms with Crippen LogP contribution in [0.5, 0.6) is 0 Å². The Morgan fingerprint density at radius 2 is 1.96 bits per heavy atom. The highest BCUT2D eigenvalue weighted by molar-refractivity contribution is 5.90. The Morgan fingerprint density at radius 3 is 2.56 bits per heavy atom. The lowest BCUT2D eigenvalue weighted by atomic mass is 9.88. The van der Waals surface area contributed by atoms with Gasteiger partial charge in [0.25, 0.3) is 0 Å². The maximum atomic E-state index is 13.0. The first-order chi connectivity index (χ1) is 11.8. The Morgan fingerprint density at radius 1 is 1.28 bits per heavy atom. The molecule has 2 aromatic rings. The predicted octanol–water partition coefficient (Wildman–Crippen LogP) is 2.96. The van der Waals surface area contributed by atoms with Crippen molar-refractivity contribution >= 4 is 11.8 Å². The molecule has 1 aliphatic rings. The first-order valence-corrected chi connectivity index (χ1v) is 8.18. The highest BCUT2D eigenvalue weighted by atomic mass is 19.1. The summed E-state index contributed by atoms with van der Waals surface area (Å²) in [7, 11) is 1.72. The maximum Gasteiger partial charge on any atom is 0.226 e. The molecule has 0 aliphatic carbocycles. The number of carbonyl (C=O) groups is 2. The molecule has 2 heterocycles. The molecule has 1 saturated heterocycles. The van der Waals surface area contributed by atoms with E-state index in [0.717, 1.165) is 5.56 Å². The van der Waals surface area contributed by atoms with E-state index in [2.05, 4.69) is 5.32 Å². The smallest absolute Gasteiger partial charge is 0.226 e. The Bertz CT molecular complexity index is 795. The van der Waals surface area contributed by atoms with Crippen LogP contribution in [-0.4, -0.2) is 29.3 Å². The molecule has 3 rings (SSSR count). The van der Waals surface area contributed by atoms with Gasteiger partial charge in [0.2, 0.25) is 11.8 Å². The van der Waals surface area contributed by atoms with E-state index >= 15 is 0 Å². The van der Waals surface area contributed by atoms with Crippen molar-refractivity contribution in [2.45, 2.75) is 32.4 Å². The van der Waals surface area contributed by atoms with E-state index in [1.165, 1.54) is 12.1 Å². The minimum absolute atomic E-state index is 0.0262. The summed E-state index contributed by atoms with van der Waals surface area (Å²) >= 11 is 0. The quantitative estimate of drug-likeness (QED) is 0.927. The molecular formula is C19H21FN2O3. The zero-order valence-corrected chi connectivity index (χ0v) is 14.5. The molecule has 6 heteroatoms. The lowest BCUT2D eigenvalue weighted by Gasteiger charge is -2.32. The Kier molecular flexibility index (Phi) is 4.37. The molecule has 0 saturated carbocycles. The van der Waals surface area contributed by atoms with Crippen molar-refractivity contribution in [2.24, 2.45) is 5.92 Å². The number of rotatable bonds is 4. The number of furan rings is 1. The summed E-state index contributed by atoms with van der Waals surface area (Å²) in [6.45, 7) is 4.02. The first-order valence-electron chi connectivity index (χ1n) is 8.18. The number of halogens is 1. The molecule has 1 N–H and O–H groups in total. The molecule has 1 fully saturated rings. The zero-order chi connectivity index (χ0) is 18.2. The third kappa shape index (κ3) is 3.29. The molecule has 5 nitrogen and oxygen atoms in total. The van der Waals surface area contributed by atoms with Crippen LogP contribution in [0.1, 0.15) is 26.0 Å². The first kappa shape index (κ1) is 17.2. The average molecular weight is 344 g/mol. The monoisotopic (exact) mass is 344 g/mol. The van der Waals surface area contributed by atoms with Crippen LogP contribution < -0.4 is 5.32 Å². The summed E-state index contributed by atoms with van der Waals surface area (Å²) in [4.78, 5) is 26.0. The molecule has 132 valence electrons. The summed E-state index contributed by atoms with van der Waals surface area (Å²) < 4.78 is 18.7. The SMILES string of the molecule is CN1C(=O)C[C@@H](C(=O)NCc2ccc(-c3ccc(F)cc3)o2)C1(C)C. The van der Waals surface area contributed by atoms with Crippen LogP contribution in [0.4, 0.5) is 4.39 Å². The van der Waals surface area contributed by atoms with Crippen molar-refractivity contribution in [3.8, 4) is 11.3 Å². The molecule has 2 amide bonds. The van der Waals surface area contributed by atoms with E-state index < -0.39 is 11.5 Å². The second kappa shape index (κ2) is 6.35. The minimum atomic E-state index is -0.510. The van der Waals surface area contributed by atoms with Crippen LogP contribution in [0.25, 0.3) is 11.3 Å². The normalized spacial score (nSPS) is 19.3. The topological polar surface area (TPSA) is 62.6 Å². The standard InChI is InChI=1S/C19H21FN2O3/c1-19(2)15(10-17(23)22(19)3)18(24)21-11-14-8-9-16(25-14)12-4-6-13(20)7-5-12/h4-9,15H,10-11H2,1-3H3,(H,21,24)/t15-/m0/s1. The van der Waals surface area contributed by atoms with Crippen LogP contribution in [0, 0.1) is 11.7 Å². The average Bonchev–Trinajstić information content (AvgIpc) is 3.12. The van der Waals surface area contributed by atoms with Crippen molar-refractivity contribution in [3.63, 3.8) is 0 Å². The van der Waals surface area contributed by atoms with Gasteiger partial charge in [-0.3, -0.25) is 9.59 Å². The molecule has 25 heavy (non-hydrogen) atoms. The van der Waals surface area contributed by atoms with E-state index in [9.17, 15) is 14.0 Å². The lowest BCUT2D eigenvalue weighted by molar-refractivity contribution is -0.128. The number of carbonyl (C=O) groups excluding carboxylic acids is 2. The van der Waals surface area contributed by atoms with Gasteiger partial charge in [-0.25, -0.2) is 4.39 Å². The second-order valence-corrected chi connectivity index (χ2v) is 6.85. The van der Waals surface area contributed by atoms with E-state index in [-0.39, 0.29) is 30.6 Å². The number of hydrogen-bond donors (Lipinski definition) is 1. The van der Waals surface area contributed by atoms with Crippen LogP contribution in [0.2, 0.25) is 0 Å². The third-order valence-electron chi connectivity index (χ3n) is 5.01. The van der Waals surface area contributed by atoms with Crippen LogP contribution in [0.3, 0.4) is 0 Å². The Balaban J connectivity index is 1.64. The number of nitrogens with one attached hydrogen (secondary N) is 1. The fourth-order valence-corrected chi connectivity index (χ4v) is 3.07. The molecule has 0 radical (unpaired) electrons. The summed E-state index contributed by atoms with van der Waals surface area (Å²) in [6, 6.07) is 9.57. The predicted molar refractivity (Wildman–Crippen MR) is 90.9 cm³/mol. The second-order valence-electron chi connectivity index (χ2n) is 6.85. The van der Waals surface area contributed by atoms with Crippen molar-refractivity contribution in [2.75, 3.05) is 7.05 Å². The number of hydrogen-bond acceptors (Lipinski definition) is 3. The molecule has 1 atom stereocenters. The molecule has 1 aromatic carbocycles. The van der Waals surface area contributed by atoms with Crippen LogP contribution in [-0.2, 0) is 16.1 Å². The molecule has 0 unspecified atom stereocenters. The van der Waals surface area contributed by atoms with Gasteiger partial charge >= 0.3 is 0 Å². The van der Waals surface area contributed by atoms with Crippen molar-refractivity contribution in [1.82, 2.24) is 10.2 Å². The van der Waals surface area contributed by atoms with Crippen molar-refractivity contribution < 1.29 is 18.4 Å². The van der Waals surface area contributed by atoms with Crippen molar-refractivity contribution in [1.29, 1.82) is 0 Å². The van der Waals surface area contributed by atoms with Gasteiger partial charge in [-0.15, -0.1) is 0 Å². The molecule has 1 aromatic heterocycles. The highest BCUT2D eigenvalue weighted by Crippen LogP contribution is 2.34. The van der Waals surface area contributed by atoms with E-state index in [1.54, 1.807) is 36.2 Å². The van der Waals surface area contributed by atoms with Gasteiger partial charge < -0.3 is 14.6 Å².